The molecular weight excluding hydrogens is 311 g/mol. The van der Waals surface area contributed by atoms with Crippen molar-refractivity contribution in [1.29, 1.82) is 0 Å². The van der Waals surface area contributed by atoms with Gasteiger partial charge in [-0.05, 0) is 45.7 Å². The summed E-state index contributed by atoms with van der Waals surface area (Å²) >= 11 is 5.59. The van der Waals surface area contributed by atoms with Crippen LogP contribution in [0, 0.1) is 5.95 Å². The minimum atomic E-state index is -0.755. The summed E-state index contributed by atoms with van der Waals surface area (Å²) in [4.78, 5) is 17.3. The molecule has 1 saturated heterocycles. The average molecular weight is 331 g/mol. The van der Waals surface area contributed by atoms with Crippen LogP contribution < -0.4 is 4.74 Å². The summed E-state index contributed by atoms with van der Waals surface area (Å²) in [7, 11) is 0. The number of pyridine rings is 1. The van der Waals surface area contributed by atoms with Crippen LogP contribution in [0.4, 0.5) is 9.18 Å². The summed E-state index contributed by atoms with van der Waals surface area (Å²) in [5.74, 6) is -0.727. The van der Waals surface area contributed by atoms with Crippen molar-refractivity contribution in [3.05, 3.63) is 23.2 Å². The van der Waals surface area contributed by atoms with Crippen LogP contribution in [0.25, 0.3) is 0 Å². The molecule has 122 valence electrons. The summed E-state index contributed by atoms with van der Waals surface area (Å²) in [5.41, 5.74) is -0.544. The van der Waals surface area contributed by atoms with Gasteiger partial charge in [0, 0.05) is 6.54 Å². The fraction of sp³-hybridized carbons (Fsp3) is 0.600. The Labute approximate surface area is 134 Å². The van der Waals surface area contributed by atoms with Crippen molar-refractivity contribution < 1.29 is 18.7 Å². The van der Waals surface area contributed by atoms with E-state index in [0.29, 0.717) is 6.54 Å². The lowest BCUT2D eigenvalue weighted by Crippen LogP contribution is -2.42. The molecule has 1 aromatic rings. The van der Waals surface area contributed by atoms with E-state index in [4.69, 9.17) is 21.1 Å². The Bertz CT molecular complexity index is 548. The van der Waals surface area contributed by atoms with Gasteiger partial charge in [0.1, 0.15) is 17.4 Å². The van der Waals surface area contributed by atoms with Crippen molar-refractivity contribution in [1.82, 2.24) is 9.88 Å². The molecule has 0 radical (unpaired) electrons. The lowest BCUT2D eigenvalue weighted by atomic mass is 10.2. The molecule has 1 amide bonds. The smallest absolute Gasteiger partial charge is 0.410 e. The third kappa shape index (κ3) is 4.47. The van der Waals surface area contributed by atoms with Gasteiger partial charge in [0.25, 0.3) is 5.95 Å². The molecule has 0 N–H and O–H groups in total. The first-order valence-electron chi connectivity index (χ1n) is 7.21. The highest BCUT2D eigenvalue weighted by atomic mass is 35.5. The molecule has 1 aliphatic heterocycles. The van der Waals surface area contributed by atoms with E-state index < -0.39 is 11.5 Å². The Hall–Kier alpha value is -1.56. The van der Waals surface area contributed by atoms with E-state index in [2.05, 4.69) is 4.98 Å². The molecule has 2 rings (SSSR count). The molecular formula is C15H20ClFN2O3. The molecule has 0 aliphatic carbocycles. The van der Waals surface area contributed by atoms with Crippen molar-refractivity contribution in [2.75, 3.05) is 13.2 Å². The number of rotatable bonds is 3. The Kier molecular flexibility index (Phi) is 5.11. The van der Waals surface area contributed by atoms with Crippen LogP contribution >= 0.6 is 11.6 Å². The van der Waals surface area contributed by atoms with Crippen LogP contribution in [0.1, 0.15) is 33.6 Å². The number of hydrogen-bond donors (Lipinski definition) is 0. The Morgan fingerprint density at radius 1 is 1.50 bits per heavy atom. The minimum absolute atomic E-state index is 0.0282. The van der Waals surface area contributed by atoms with Crippen molar-refractivity contribution in [2.24, 2.45) is 0 Å². The van der Waals surface area contributed by atoms with E-state index in [0.717, 1.165) is 12.8 Å². The first-order chi connectivity index (χ1) is 10.3. The number of hydrogen-bond acceptors (Lipinski definition) is 4. The van der Waals surface area contributed by atoms with Gasteiger partial charge in [0.2, 0.25) is 0 Å². The summed E-state index contributed by atoms with van der Waals surface area (Å²) in [6.45, 7) is 6.27. The van der Waals surface area contributed by atoms with Crippen LogP contribution in [0.3, 0.4) is 0 Å². The SMILES string of the molecule is CC(C)(C)OC(=O)N1CCC[C@H]1COc1ccc(Cl)nc1F. The molecule has 0 bridgehead atoms. The number of carbonyl (C=O) groups excluding carboxylic acids is 1. The second-order valence-corrected chi connectivity index (χ2v) is 6.59. The van der Waals surface area contributed by atoms with Gasteiger partial charge in [-0.2, -0.15) is 4.39 Å². The molecule has 1 fully saturated rings. The van der Waals surface area contributed by atoms with E-state index in [-0.39, 0.29) is 29.6 Å². The number of carbonyl (C=O) groups is 1. The third-order valence-electron chi connectivity index (χ3n) is 3.22. The third-order valence-corrected chi connectivity index (χ3v) is 3.43. The van der Waals surface area contributed by atoms with E-state index in [1.807, 2.05) is 20.8 Å². The fourth-order valence-electron chi connectivity index (χ4n) is 2.26. The normalized spacial score (nSPS) is 18.4. The van der Waals surface area contributed by atoms with Gasteiger partial charge in [-0.25, -0.2) is 9.78 Å². The van der Waals surface area contributed by atoms with Gasteiger partial charge in [-0.1, -0.05) is 11.6 Å². The van der Waals surface area contributed by atoms with Gasteiger partial charge in [0.05, 0.1) is 6.04 Å². The van der Waals surface area contributed by atoms with E-state index in [1.54, 1.807) is 4.90 Å². The molecule has 0 unspecified atom stereocenters. The Morgan fingerprint density at radius 2 is 2.23 bits per heavy atom. The van der Waals surface area contributed by atoms with Crippen LogP contribution in [0.2, 0.25) is 5.15 Å². The van der Waals surface area contributed by atoms with E-state index in [9.17, 15) is 9.18 Å². The average Bonchev–Trinajstić information content (AvgIpc) is 2.84. The molecule has 0 aromatic carbocycles. The zero-order valence-electron chi connectivity index (χ0n) is 12.9. The number of amides is 1. The lowest BCUT2D eigenvalue weighted by molar-refractivity contribution is 0.0186. The molecule has 5 nitrogen and oxygen atoms in total. The molecule has 1 atom stereocenters. The number of likely N-dealkylation sites (tertiary alicyclic amines) is 1. The van der Waals surface area contributed by atoms with Crippen molar-refractivity contribution >= 4 is 17.7 Å². The highest BCUT2D eigenvalue weighted by Crippen LogP contribution is 2.23. The highest BCUT2D eigenvalue weighted by Gasteiger charge is 2.32. The van der Waals surface area contributed by atoms with Gasteiger partial charge < -0.3 is 14.4 Å². The number of ether oxygens (including phenoxy) is 2. The first kappa shape index (κ1) is 16.8. The maximum atomic E-state index is 13.6. The highest BCUT2D eigenvalue weighted by molar-refractivity contribution is 6.29. The summed E-state index contributed by atoms with van der Waals surface area (Å²) in [6, 6.07) is 2.75. The first-order valence-corrected chi connectivity index (χ1v) is 7.58. The summed E-state index contributed by atoms with van der Waals surface area (Å²) in [6.07, 6.45) is 1.30. The van der Waals surface area contributed by atoms with Gasteiger partial charge >= 0.3 is 6.09 Å². The summed E-state index contributed by atoms with van der Waals surface area (Å²) in [5, 5.41) is 0.0705. The molecule has 22 heavy (non-hydrogen) atoms. The molecule has 1 aliphatic rings. The Morgan fingerprint density at radius 3 is 2.86 bits per heavy atom. The second-order valence-electron chi connectivity index (χ2n) is 6.20. The summed E-state index contributed by atoms with van der Waals surface area (Å²) < 4.78 is 24.4. The van der Waals surface area contributed by atoms with E-state index >= 15 is 0 Å². The molecule has 1 aromatic heterocycles. The number of aromatic nitrogens is 1. The maximum Gasteiger partial charge on any atom is 0.410 e. The fourth-order valence-corrected chi connectivity index (χ4v) is 2.40. The molecule has 2 heterocycles. The van der Waals surface area contributed by atoms with Crippen LogP contribution in [0.15, 0.2) is 12.1 Å². The molecule has 0 saturated carbocycles. The van der Waals surface area contributed by atoms with Crippen molar-refractivity contribution in [3.63, 3.8) is 0 Å². The van der Waals surface area contributed by atoms with Gasteiger partial charge in [-0.3, -0.25) is 0 Å². The predicted octanol–water partition coefficient (Wildman–Crippen LogP) is 3.65. The predicted molar refractivity (Wildman–Crippen MR) is 80.7 cm³/mol. The topological polar surface area (TPSA) is 51.7 Å². The molecule has 0 spiro atoms. The zero-order valence-corrected chi connectivity index (χ0v) is 13.7. The monoisotopic (exact) mass is 330 g/mol. The quantitative estimate of drug-likeness (QED) is 0.794. The standard InChI is InChI=1S/C15H20ClFN2O3/c1-15(2,3)22-14(20)19-8-4-5-10(19)9-21-11-6-7-12(16)18-13(11)17/h6-7,10H,4-5,8-9H2,1-3H3/t10-/m0/s1. The van der Waals surface area contributed by atoms with Crippen LogP contribution in [0.5, 0.6) is 5.75 Å². The van der Waals surface area contributed by atoms with Crippen LogP contribution in [-0.4, -0.2) is 40.8 Å². The minimum Gasteiger partial charge on any atom is -0.487 e. The van der Waals surface area contributed by atoms with Gasteiger partial charge in [0.15, 0.2) is 5.75 Å². The largest absolute Gasteiger partial charge is 0.487 e. The molecule has 7 heteroatoms. The second kappa shape index (κ2) is 6.69. The maximum absolute atomic E-state index is 13.6. The van der Waals surface area contributed by atoms with Crippen molar-refractivity contribution in [3.8, 4) is 5.75 Å². The number of nitrogens with zero attached hydrogens (tertiary/aromatic N) is 2. The Balaban J connectivity index is 1.95. The van der Waals surface area contributed by atoms with E-state index in [1.165, 1.54) is 12.1 Å². The van der Waals surface area contributed by atoms with Crippen LogP contribution in [-0.2, 0) is 4.74 Å². The zero-order chi connectivity index (χ0) is 16.3. The van der Waals surface area contributed by atoms with Crippen molar-refractivity contribution in [2.45, 2.75) is 45.3 Å². The lowest BCUT2D eigenvalue weighted by Gasteiger charge is -2.28. The van der Waals surface area contributed by atoms with Gasteiger partial charge in [-0.15, -0.1) is 0 Å². The number of halogens is 2.